The molecule has 1 aromatic rings. The lowest BCUT2D eigenvalue weighted by Crippen LogP contribution is -2.15. The summed E-state index contributed by atoms with van der Waals surface area (Å²) in [4.78, 5) is 13.5. The molecule has 0 bridgehead atoms. The molecule has 0 amide bonds. The Bertz CT molecular complexity index is 489. The zero-order valence-corrected chi connectivity index (χ0v) is 7.92. The van der Waals surface area contributed by atoms with Crippen molar-refractivity contribution in [3.63, 3.8) is 0 Å². The van der Waals surface area contributed by atoms with Gasteiger partial charge in [0.15, 0.2) is 6.29 Å². The van der Waals surface area contributed by atoms with Crippen molar-refractivity contribution in [2.45, 2.75) is 12.6 Å². The van der Waals surface area contributed by atoms with E-state index in [9.17, 15) is 26.7 Å². The minimum absolute atomic E-state index is 0.233. The highest BCUT2D eigenvalue weighted by Gasteiger charge is 2.40. The fourth-order valence-corrected chi connectivity index (χ4v) is 1.25. The molecule has 0 aliphatic rings. The van der Waals surface area contributed by atoms with Gasteiger partial charge >= 0.3 is 6.18 Å². The Labute approximate surface area is 91.5 Å². The summed E-state index contributed by atoms with van der Waals surface area (Å²) in [5.41, 5.74) is -5.44. The zero-order valence-electron chi connectivity index (χ0n) is 7.92. The predicted molar refractivity (Wildman–Crippen MR) is 44.3 cm³/mol. The molecule has 0 aliphatic heterocycles. The van der Waals surface area contributed by atoms with Crippen LogP contribution in [0.5, 0.6) is 0 Å². The van der Waals surface area contributed by atoms with Gasteiger partial charge in [-0.2, -0.15) is 18.4 Å². The van der Waals surface area contributed by atoms with E-state index in [1.54, 1.807) is 0 Å². The molecule has 0 saturated carbocycles. The molecule has 0 fully saturated rings. The number of rotatable bonds is 2. The third kappa shape index (κ3) is 2.38. The van der Waals surface area contributed by atoms with Gasteiger partial charge in [-0.05, 0) is 0 Å². The summed E-state index contributed by atoms with van der Waals surface area (Å²) in [5, 5.41) is 8.42. The summed E-state index contributed by atoms with van der Waals surface area (Å²) in [6.45, 7) is 0. The molecule has 0 aromatic carbocycles. The molecular formula is C9H3F5N2O. The molecule has 1 rings (SSSR count). The second-order valence-corrected chi connectivity index (χ2v) is 2.88. The van der Waals surface area contributed by atoms with Crippen molar-refractivity contribution in [2.24, 2.45) is 0 Å². The first-order valence-electron chi connectivity index (χ1n) is 4.06. The predicted octanol–water partition coefficient (Wildman–Crippen LogP) is 2.72. The largest absolute Gasteiger partial charge is 0.417 e. The maximum atomic E-state index is 12.5. The SMILES string of the molecule is N#Cc1ncc(C=O)c(C(F)(F)F)c1C(F)F. The molecule has 0 atom stereocenters. The first-order valence-corrected chi connectivity index (χ1v) is 4.06. The summed E-state index contributed by atoms with van der Waals surface area (Å²) in [7, 11) is 0. The average molecular weight is 250 g/mol. The first kappa shape index (κ1) is 13.0. The van der Waals surface area contributed by atoms with Gasteiger partial charge in [-0.15, -0.1) is 0 Å². The molecule has 90 valence electrons. The van der Waals surface area contributed by atoms with Crippen LogP contribution in [0.2, 0.25) is 0 Å². The Morgan fingerprint density at radius 1 is 1.41 bits per heavy atom. The van der Waals surface area contributed by atoms with Crippen LogP contribution in [0.3, 0.4) is 0 Å². The molecule has 0 N–H and O–H groups in total. The van der Waals surface area contributed by atoms with Crippen LogP contribution in [0.1, 0.15) is 33.6 Å². The van der Waals surface area contributed by atoms with Gasteiger partial charge in [0.25, 0.3) is 6.43 Å². The number of nitriles is 1. The quantitative estimate of drug-likeness (QED) is 0.599. The van der Waals surface area contributed by atoms with E-state index >= 15 is 0 Å². The maximum Gasteiger partial charge on any atom is 0.417 e. The van der Waals surface area contributed by atoms with Gasteiger partial charge in [-0.3, -0.25) is 4.79 Å². The van der Waals surface area contributed by atoms with Crippen molar-refractivity contribution >= 4 is 6.29 Å². The second kappa shape index (κ2) is 4.45. The maximum absolute atomic E-state index is 12.5. The van der Waals surface area contributed by atoms with Crippen LogP contribution in [0.25, 0.3) is 0 Å². The van der Waals surface area contributed by atoms with E-state index in [-0.39, 0.29) is 6.29 Å². The number of aromatic nitrogens is 1. The van der Waals surface area contributed by atoms with Crippen LogP contribution in [-0.2, 0) is 6.18 Å². The number of pyridine rings is 1. The summed E-state index contributed by atoms with van der Waals surface area (Å²) in [6.07, 6.45) is -8.49. The third-order valence-electron chi connectivity index (χ3n) is 1.88. The van der Waals surface area contributed by atoms with E-state index in [1.807, 2.05) is 0 Å². The minimum Gasteiger partial charge on any atom is -0.298 e. The Hall–Kier alpha value is -2.04. The standard InChI is InChI=1S/C9H3F5N2O/c10-8(11)6-5(1-15)16-2-4(3-17)7(6)9(12,13)14/h2-3,8H. The summed E-state index contributed by atoms with van der Waals surface area (Å²) >= 11 is 0. The molecule has 0 unspecified atom stereocenters. The lowest BCUT2D eigenvalue weighted by atomic mass is 10.0. The smallest absolute Gasteiger partial charge is 0.298 e. The van der Waals surface area contributed by atoms with E-state index in [2.05, 4.69) is 4.98 Å². The van der Waals surface area contributed by atoms with Crippen molar-refractivity contribution < 1.29 is 26.7 Å². The van der Waals surface area contributed by atoms with Crippen molar-refractivity contribution in [3.8, 4) is 6.07 Å². The van der Waals surface area contributed by atoms with Crippen LogP contribution in [-0.4, -0.2) is 11.3 Å². The fraction of sp³-hybridized carbons (Fsp3) is 0.222. The average Bonchev–Trinajstić information content (AvgIpc) is 2.25. The van der Waals surface area contributed by atoms with Crippen molar-refractivity contribution in [3.05, 3.63) is 28.6 Å². The van der Waals surface area contributed by atoms with Gasteiger partial charge in [-0.1, -0.05) is 0 Å². The first-order chi connectivity index (χ1) is 7.82. The number of aldehydes is 1. The van der Waals surface area contributed by atoms with Gasteiger partial charge in [0.2, 0.25) is 0 Å². The monoisotopic (exact) mass is 250 g/mol. The molecule has 0 radical (unpaired) electrons. The van der Waals surface area contributed by atoms with Crippen molar-refractivity contribution in [1.29, 1.82) is 5.26 Å². The molecular weight excluding hydrogens is 247 g/mol. The number of hydrogen-bond acceptors (Lipinski definition) is 3. The second-order valence-electron chi connectivity index (χ2n) is 2.88. The van der Waals surface area contributed by atoms with Crippen LogP contribution < -0.4 is 0 Å². The highest BCUT2D eigenvalue weighted by atomic mass is 19.4. The van der Waals surface area contributed by atoms with Gasteiger partial charge in [-0.25, -0.2) is 13.8 Å². The van der Waals surface area contributed by atoms with Gasteiger partial charge < -0.3 is 0 Å². The highest BCUT2D eigenvalue weighted by molar-refractivity contribution is 5.78. The minimum atomic E-state index is -5.16. The van der Waals surface area contributed by atoms with E-state index < -0.39 is 35.0 Å². The molecule has 0 saturated heterocycles. The number of alkyl halides is 5. The Morgan fingerprint density at radius 3 is 2.35 bits per heavy atom. The summed E-state index contributed by atoms with van der Waals surface area (Å²) < 4.78 is 62.7. The number of carbonyl (C=O) groups excluding carboxylic acids is 1. The highest BCUT2D eigenvalue weighted by Crippen LogP contribution is 2.39. The topological polar surface area (TPSA) is 53.8 Å². The Kier molecular flexibility index (Phi) is 3.41. The van der Waals surface area contributed by atoms with Gasteiger partial charge in [0, 0.05) is 11.8 Å². The molecule has 1 aromatic heterocycles. The Morgan fingerprint density at radius 2 is 2.00 bits per heavy atom. The summed E-state index contributed by atoms with van der Waals surface area (Å²) in [5.74, 6) is 0. The van der Waals surface area contributed by atoms with E-state index in [0.29, 0.717) is 6.20 Å². The van der Waals surface area contributed by atoms with Crippen molar-refractivity contribution in [1.82, 2.24) is 4.98 Å². The number of carbonyl (C=O) groups is 1. The molecule has 17 heavy (non-hydrogen) atoms. The van der Waals surface area contributed by atoms with Crippen LogP contribution in [0, 0.1) is 11.3 Å². The van der Waals surface area contributed by atoms with E-state index in [0.717, 1.165) is 6.07 Å². The molecule has 1 heterocycles. The number of halogens is 5. The fourth-order valence-electron chi connectivity index (χ4n) is 1.25. The van der Waals surface area contributed by atoms with Crippen LogP contribution in [0.15, 0.2) is 6.20 Å². The van der Waals surface area contributed by atoms with E-state index in [1.165, 1.54) is 0 Å². The Balaban J connectivity index is 3.72. The summed E-state index contributed by atoms with van der Waals surface area (Å²) in [6, 6.07) is 1.13. The van der Waals surface area contributed by atoms with Gasteiger partial charge in [0.05, 0.1) is 11.1 Å². The van der Waals surface area contributed by atoms with Crippen molar-refractivity contribution in [2.75, 3.05) is 0 Å². The normalized spacial score (nSPS) is 11.4. The van der Waals surface area contributed by atoms with Crippen LogP contribution in [0.4, 0.5) is 22.0 Å². The van der Waals surface area contributed by atoms with Gasteiger partial charge in [0.1, 0.15) is 11.8 Å². The lowest BCUT2D eigenvalue weighted by molar-refractivity contribution is -0.139. The third-order valence-corrected chi connectivity index (χ3v) is 1.88. The number of hydrogen-bond donors (Lipinski definition) is 0. The van der Waals surface area contributed by atoms with E-state index in [4.69, 9.17) is 5.26 Å². The molecule has 0 spiro atoms. The molecule has 3 nitrogen and oxygen atoms in total. The molecule has 0 aliphatic carbocycles. The molecule has 8 heteroatoms. The lowest BCUT2D eigenvalue weighted by Gasteiger charge is -2.14. The van der Waals surface area contributed by atoms with Crippen LogP contribution >= 0.6 is 0 Å². The zero-order chi connectivity index (χ0) is 13.2. The number of nitrogens with zero attached hydrogens (tertiary/aromatic N) is 2.